The van der Waals surface area contributed by atoms with Gasteiger partial charge in [-0.2, -0.15) is 0 Å². The average molecular weight is 290 g/mol. The van der Waals surface area contributed by atoms with E-state index in [1.165, 1.54) is 24.9 Å². The first-order valence-electron chi connectivity index (χ1n) is 7.66. The Hall–Kier alpha value is -1.43. The lowest BCUT2D eigenvalue weighted by molar-refractivity contribution is 0.0953. The van der Waals surface area contributed by atoms with Gasteiger partial charge in [0.15, 0.2) is 0 Å². The number of likely N-dealkylation sites (tertiary alicyclic amines) is 1. The number of hydrogen-bond acceptors (Lipinski definition) is 4. The van der Waals surface area contributed by atoms with Gasteiger partial charge in [0.1, 0.15) is 0 Å². The van der Waals surface area contributed by atoms with Gasteiger partial charge in [-0.05, 0) is 50.7 Å². The van der Waals surface area contributed by atoms with E-state index < -0.39 is 0 Å². The molecule has 3 N–H and O–H groups in total. The zero-order chi connectivity index (χ0) is 15.2. The molecule has 1 atom stereocenters. The van der Waals surface area contributed by atoms with E-state index in [-0.39, 0.29) is 5.91 Å². The number of benzene rings is 1. The van der Waals surface area contributed by atoms with Crippen molar-refractivity contribution in [2.45, 2.75) is 32.4 Å². The van der Waals surface area contributed by atoms with Crippen LogP contribution in [0.5, 0.6) is 0 Å². The highest BCUT2D eigenvalue weighted by molar-refractivity contribution is 5.93. The number of nitrogen functional groups attached to an aromatic ring is 1. The van der Waals surface area contributed by atoms with E-state index in [0.717, 1.165) is 19.6 Å². The predicted molar refractivity (Wildman–Crippen MR) is 84.7 cm³/mol. The number of nitrogens with one attached hydrogen (secondary N) is 1. The Kier molecular flexibility index (Phi) is 5.73. The summed E-state index contributed by atoms with van der Waals surface area (Å²) in [6.45, 7) is 6.61. The molecule has 2 rings (SSSR count). The maximum Gasteiger partial charge on any atom is 0.265 e. The first-order chi connectivity index (χ1) is 10.1. The van der Waals surface area contributed by atoms with Crippen LogP contribution in [0.15, 0.2) is 24.3 Å². The molecule has 1 aliphatic rings. The summed E-state index contributed by atoms with van der Waals surface area (Å²) in [5.74, 6) is 4.88. The lowest BCUT2D eigenvalue weighted by Gasteiger charge is -2.27. The SMILES string of the molecule is CCN1CCCC1CN(C)Cc1ccc(C(=O)NN)cc1. The number of rotatable bonds is 6. The molecule has 5 heteroatoms. The molecule has 1 heterocycles. The van der Waals surface area contributed by atoms with Crippen molar-refractivity contribution < 1.29 is 4.79 Å². The van der Waals surface area contributed by atoms with E-state index in [4.69, 9.17) is 5.84 Å². The van der Waals surface area contributed by atoms with Crippen molar-refractivity contribution in [2.24, 2.45) is 5.84 Å². The van der Waals surface area contributed by atoms with Gasteiger partial charge >= 0.3 is 0 Å². The summed E-state index contributed by atoms with van der Waals surface area (Å²) in [5, 5.41) is 0. The van der Waals surface area contributed by atoms with Gasteiger partial charge in [0.25, 0.3) is 5.91 Å². The highest BCUT2D eigenvalue weighted by Crippen LogP contribution is 2.18. The number of likely N-dealkylation sites (N-methyl/N-ethyl adjacent to an activating group) is 2. The Bertz CT molecular complexity index is 460. The number of amides is 1. The van der Waals surface area contributed by atoms with Gasteiger partial charge in [0.05, 0.1) is 0 Å². The highest BCUT2D eigenvalue weighted by Gasteiger charge is 2.23. The molecule has 1 aromatic rings. The zero-order valence-electron chi connectivity index (χ0n) is 13.0. The standard InChI is InChI=1S/C16H26N4O/c1-3-20-10-4-5-15(20)12-19(2)11-13-6-8-14(9-7-13)16(21)18-17/h6-9,15H,3-5,10-12,17H2,1-2H3,(H,18,21). The van der Waals surface area contributed by atoms with Gasteiger partial charge in [-0.1, -0.05) is 19.1 Å². The quantitative estimate of drug-likeness (QED) is 0.469. The number of nitrogens with zero attached hydrogens (tertiary/aromatic N) is 2. The molecule has 1 saturated heterocycles. The second kappa shape index (κ2) is 7.54. The smallest absolute Gasteiger partial charge is 0.265 e. The van der Waals surface area contributed by atoms with Crippen LogP contribution in [0.1, 0.15) is 35.7 Å². The van der Waals surface area contributed by atoms with Gasteiger partial charge in [0, 0.05) is 24.7 Å². The first kappa shape index (κ1) is 15.9. The fourth-order valence-electron chi connectivity index (χ4n) is 3.10. The molecule has 0 aliphatic carbocycles. The van der Waals surface area contributed by atoms with Crippen LogP contribution in [-0.2, 0) is 6.54 Å². The maximum atomic E-state index is 11.4. The number of carbonyl (C=O) groups excluding carboxylic acids is 1. The van der Waals surface area contributed by atoms with Gasteiger partial charge in [-0.15, -0.1) is 0 Å². The summed E-state index contributed by atoms with van der Waals surface area (Å²) in [5.41, 5.74) is 3.96. The van der Waals surface area contributed by atoms with Crippen molar-refractivity contribution in [3.63, 3.8) is 0 Å². The van der Waals surface area contributed by atoms with E-state index in [0.29, 0.717) is 11.6 Å². The van der Waals surface area contributed by atoms with Crippen molar-refractivity contribution >= 4 is 5.91 Å². The summed E-state index contributed by atoms with van der Waals surface area (Å²) in [7, 11) is 2.16. The van der Waals surface area contributed by atoms with Gasteiger partial charge in [-0.3, -0.25) is 15.1 Å². The second-order valence-electron chi connectivity index (χ2n) is 5.79. The van der Waals surface area contributed by atoms with Crippen LogP contribution in [0.4, 0.5) is 0 Å². The van der Waals surface area contributed by atoms with Gasteiger partial charge in [0.2, 0.25) is 0 Å². The molecule has 0 spiro atoms. The number of hydrogen-bond donors (Lipinski definition) is 2. The van der Waals surface area contributed by atoms with Crippen LogP contribution in [0, 0.1) is 0 Å². The Morgan fingerprint density at radius 3 is 2.76 bits per heavy atom. The molecular weight excluding hydrogens is 264 g/mol. The summed E-state index contributed by atoms with van der Waals surface area (Å²) in [4.78, 5) is 16.3. The normalized spacial score (nSPS) is 19.1. The van der Waals surface area contributed by atoms with Crippen LogP contribution >= 0.6 is 0 Å². The van der Waals surface area contributed by atoms with Crippen LogP contribution in [0.3, 0.4) is 0 Å². The van der Waals surface area contributed by atoms with E-state index in [1.807, 2.05) is 24.3 Å². The first-order valence-corrected chi connectivity index (χ1v) is 7.66. The molecular formula is C16H26N4O. The monoisotopic (exact) mass is 290 g/mol. The molecule has 1 aromatic carbocycles. The van der Waals surface area contributed by atoms with Crippen molar-refractivity contribution in [3.05, 3.63) is 35.4 Å². The Morgan fingerprint density at radius 1 is 1.43 bits per heavy atom. The average Bonchev–Trinajstić information content (AvgIpc) is 2.94. The third kappa shape index (κ3) is 4.27. The number of hydrazine groups is 1. The lowest BCUT2D eigenvalue weighted by atomic mass is 10.1. The van der Waals surface area contributed by atoms with Crippen LogP contribution < -0.4 is 11.3 Å². The fraction of sp³-hybridized carbons (Fsp3) is 0.562. The summed E-state index contributed by atoms with van der Waals surface area (Å²) in [6.07, 6.45) is 2.61. The maximum absolute atomic E-state index is 11.4. The van der Waals surface area contributed by atoms with Gasteiger partial charge in [-0.25, -0.2) is 5.84 Å². The van der Waals surface area contributed by atoms with Crippen molar-refractivity contribution in [1.29, 1.82) is 0 Å². The summed E-state index contributed by atoms with van der Waals surface area (Å²) >= 11 is 0. The Balaban J connectivity index is 1.87. The molecule has 0 saturated carbocycles. The number of carbonyl (C=O) groups is 1. The third-order valence-corrected chi connectivity index (χ3v) is 4.23. The predicted octanol–water partition coefficient (Wildman–Crippen LogP) is 1.21. The third-order valence-electron chi connectivity index (χ3n) is 4.23. The fourth-order valence-corrected chi connectivity index (χ4v) is 3.10. The van der Waals surface area contributed by atoms with Crippen molar-refractivity contribution in [2.75, 3.05) is 26.7 Å². The van der Waals surface area contributed by atoms with E-state index in [1.54, 1.807) is 0 Å². The molecule has 116 valence electrons. The van der Waals surface area contributed by atoms with Crippen molar-refractivity contribution in [1.82, 2.24) is 15.2 Å². The van der Waals surface area contributed by atoms with Crippen molar-refractivity contribution in [3.8, 4) is 0 Å². The largest absolute Gasteiger partial charge is 0.301 e. The molecule has 0 aromatic heterocycles. The van der Waals surface area contributed by atoms with Crippen LogP contribution in [0.2, 0.25) is 0 Å². The molecule has 5 nitrogen and oxygen atoms in total. The highest BCUT2D eigenvalue weighted by atomic mass is 16.2. The minimum absolute atomic E-state index is 0.251. The molecule has 1 fully saturated rings. The minimum Gasteiger partial charge on any atom is -0.301 e. The summed E-state index contributed by atoms with van der Waals surface area (Å²) < 4.78 is 0. The van der Waals surface area contributed by atoms with E-state index >= 15 is 0 Å². The molecule has 1 unspecified atom stereocenters. The van der Waals surface area contributed by atoms with E-state index in [2.05, 4.69) is 29.2 Å². The molecule has 0 bridgehead atoms. The Labute approximate surface area is 127 Å². The number of nitrogens with two attached hydrogens (primary N) is 1. The second-order valence-corrected chi connectivity index (χ2v) is 5.79. The lowest BCUT2D eigenvalue weighted by Crippen LogP contribution is -2.38. The summed E-state index contributed by atoms with van der Waals surface area (Å²) in [6, 6.07) is 8.31. The molecule has 21 heavy (non-hydrogen) atoms. The van der Waals surface area contributed by atoms with E-state index in [9.17, 15) is 4.79 Å². The van der Waals surface area contributed by atoms with Crippen LogP contribution in [0.25, 0.3) is 0 Å². The topological polar surface area (TPSA) is 61.6 Å². The molecule has 1 aliphatic heterocycles. The Morgan fingerprint density at radius 2 is 2.14 bits per heavy atom. The van der Waals surface area contributed by atoms with Gasteiger partial charge < -0.3 is 4.90 Å². The molecule has 0 radical (unpaired) electrons. The molecule has 1 amide bonds. The minimum atomic E-state index is -0.251. The van der Waals surface area contributed by atoms with Crippen LogP contribution in [-0.4, -0.2) is 48.4 Å². The zero-order valence-corrected chi connectivity index (χ0v) is 13.0.